The molecule has 0 radical (unpaired) electrons. The maximum Gasteiger partial charge on any atom is 0.415 e. The Balaban J connectivity index is 2.22. The molecule has 1 heterocycles. The van der Waals surface area contributed by atoms with Gasteiger partial charge in [0.15, 0.2) is 11.9 Å². The van der Waals surface area contributed by atoms with Gasteiger partial charge in [0.1, 0.15) is 11.3 Å². The Hall–Kier alpha value is -1.67. The smallest absolute Gasteiger partial charge is 0.382 e. The number of imidazole rings is 1. The Kier molecular flexibility index (Phi) is 4.72. The van der Waals surface area contributed by atoms with Crippen LogP contribution in [0.1, 0.15) is 12.7 Å². The summed E-state index contributed by atoms with van der Waals surface area (Å²) in [5, 5.41) is 9.09. The van der Waals surface area contributed by atoms with Crippen LogP contribution in [0, 0.1) is 5.82 Å². The summed E-state index contributed by atoms with van der Waals surface area (Å²) in [6.45, 7) is 1.87. The first-order valence-electron chi connectivity index (χ1n) is 6.81. The number of aliphatic hydroxyl groups is 1. The zero-order valence-corrected chi connectivity index (χ0v) is 12.2. The van der Waals surface area contributed by atoms with Gasteiger partial charge in [-0.1, -0.05) is 6.07 Å². The number of nitrogens with zero attached hydrogens (tertiary/aromatic N) is 3. The highest BCUT2D eigenvalue weighted by atomic mass is 19.4. The third-order valence-electron chi connectivity index (χ3n) is 3.40. The molecule has 0 saturated heterocycles. The Morgan fingerprint density at radius 3 is 2.64 bits per heavy atom. The number of fused-ring (bicyclic) bond motifs is 1. The number of halogens is 4. The van der Waals surface area contributed by atoms with Gasteiger partial charge in [0.25, 0.3) is 0 Å². The van der Waals surface area contributed by atoms with Crippen molar-refractivity contribution in [3.63, 3.8) is 0 Å². The minimum absolute atomic E-state index is 0.0785. The molecule has 2 rings (SSSR count). The van der Waals surface area contributed by atoms with Gasteiger partial charge >= 0.3 is 6.18 Å². The molecule has 0 saturated carbocycles. The van der Waals surface area contributed by atoms with Gasteiger partial charge < -0.3 is 9.67 Å². The van der Waals surface area contributed by atoms with Crippen LogP contribution in [0.15, 0.2) is 18.2 Å². The van der Waals surface area contributed by atoms with Crippen molar-refractivity contribution >= 4 is 11.0 Å². The van der Waals surface area contributed by atoms with Gasteiger partial charge in [-0.3, -0.25) is 4.90 Å². The first-order valence-corrected chi connectivity index (χ1v) is 6.81. The lowest BCUT2D eigenvalue weighted by atomic mass is 10.3. The molecule has 122 valence electrons. The fraction of sp³-hybridized carbons (Fsp3) is 0.500. The molecular formula is C14H17F4N3O. The van der Waals surface area contributed by atoms with E-state index in [-0.39, 0.29) is 12.1 Å². The maximum atomic E-state index is 13.7. The summed E-state index contributed by atoms with van der Waals surface area (Å²) in [7, 11) is 1.45. The van der Waals surface area contributed by atoms with E-state index in [1.807, 2.05) is 6.92 Å². The molecule has 0 amide bonds. The van der Waals surface area contributed by atoms with Crippen LogP contribution >= 0.6 is 0 Å². The predicted molar refractivity (Wildman–Crippen MR) is 73.8 cm³/mol. The van der Waals surface area contributed by atoms with E-state index in [1.54, 1.807) is 16.7 Å². The van der Waals surface area contributed by atoms with Crippen LogP contribution in [-0.2, 0) is 13.1 Å². The third kappa shape index (κ3) is 3.38. The predicted octanol–water partition coefficient (Wildman–Crippen LogP) is 2.55. The molecule has 0 aliphatic carbocycles. The molecule has 8 heteroatoms. The van der Waals surface area contributed by atoms with E-state index in [1.165, 1.54) is 18.0 Å². The molecule has 0 spiro atoms. The van der Waals surface area contributed by atoms with E-state index >= 15 is 0 Å². The molecule has 2 aromatic rings. The van der Waals surface area contributed by atoms with Crippen molar-refractivity contribution in [1.82, 2.24) is 14.5 Å². The van der Waals surface area contributed by atoms with Gasteiger partial charge in [-0.15, -0.1) is 0 Å². The molecule has 0 aliphatic heterocycles. The normalized spacial score (nSPS) is 14.0. The van der Waals surface area contributed by atoms with E-state index in [0.29, 0.717) is 17.9 Å². The Labute approximate surface area is 125 Å². The van der Waals surface area contributed by atoms with Crippen molar-refractivity contribution in [2.45, 2.75) is 32.3 Å². The lowest BCUT2D eigenvalue weighted by Crippen LogP contribution is -2.39. The van der Waals surface area contributed by atoms with Gasteiger partial charge in [-0.2, -0.15) is 13.2 Å². The molecule has 22 heavy (non-hydrogen) atoms. The number of para-hydroxylation sites is 1. The van der Waals surface area contributed by atoms with Crippen LogP contribution < -0.4 is 0 Å². The highest BCUT2D eigenvalue weighted by Crippen LogP contribution is 2.22. The Bertz CT molecular complexity index is 653. The van der Waals surface area contributed by atoms with Gasteiger partial charge in [-0.25, -0.2) is 9.37 Å². The number of aliphatic hydroxyl groups excluding tert-OH is 1. The number of likely N-dealkylation sites (N-methyl/N-ethyl adjacent to an activating group) is 1. The highest BCUT2D eigenvalue weighted by Gasteiger charge is 2.38. The zero-order valence-electron chi connectivity index (χ0n) is 12.2. The molecule has 4 nitrogen and oxygen atoms in total. The Morgan fingerprint density at radius 2 is 2.05 bits per heavy atom. The SMILES string of the molecule is CCn1c(CN(C)CC(O)C(F)(F)F)nc2c(F)cccc21. The van der Waals surface area contributed by atoms with E-state index < -0.39 is 24.6 Å². The average Bonchev–Trinajstić information content (AvgIpc) is 2.76. The summed E-state index contributed by atoms with van der Waals surface area (Å²) in [6, 6.07) is 4.56. The second-order valence-electron chi connectivity index (χ2n) is 5.13. The fourth-order valence-electron chi connectivity index (χ4n) is 2.34. The van der Waals surface area contributed by atoms with Gasteiger partial charge in [0.05, 0.1) is 12.1 Å². The largest absolute Gasteiger partial charge is 0.415 e. The van der Waals surface area contributed by atoms with Crippen molar-refractivity contribution in [1.29, 1.82) is 0 Å². The average molecular weight is 319 g/mol. The van der Waals surface area contributed by atoms with Gasteiger partial charge in [0, 0.05) is 13.1 Å². The first kappa shape index (κ1) is 16.7. The van der Waals surface area contributed by atoms with Crippen LogP contribution in [0.4, 0.5) is 17.6 Å². The Morgan fingerprint density at radius 1 is 1.36 bits per heavy atom. The lowest BCUT2D eigenvalue weighted by Gasteiger charge is -2.22. The number of hydrogen-bond acceptors (Lipinski definition) is 3. The quantitative estimate of drug-likeness (QED) is 0.861. The zero-order chi connectivity index (χ0) is 16.5. The summed E-state index contributed by atoms with van der Waals surface area (Å²) in [5.74, 6) is -0.0107. The highest BCUT2D eigenvalue weighted by molar-refractivity contribution is 5.76. The van der Waals surface area contributed by atoms with Crippen molar-refractivity contribution in [2.24, 2.45) is 0 Å². The molecule has 0 aliphatic rings. The first-order chi connectivity index (χ1) is 10.2. The number of hydrogen-bond donors (Lipinski definition) is 1. The summed E-state index contributed by atoms with van der Waals surface area (Å²) < 4.78 is 52.6. The number of rotatable bonds is 5. The molecule has 0 bridgehead atoms. The van der Waals surface area contributed by atoms with Crippen molar-refractivity contribution < 1.29 is 22.7 Å². The molecule has 0 fully saturated rings. The summed E-state index contributed by atoms with van der Waals surface area (Å²) in [4.78, 5) is 5.48. The van der Waals surface area contributed by atoms with Gasteiger partial charge in [-0.05, 0) is 26.1 Å². The summed E-state index contributed by atoms with van der Waals surface area (Å²) >= 11 is 0. The summed E-state index contributed by atoms with van der Waals surface area (Å²) in [6.07, 6.45) is -7.08. The number of benzene rings is 1. The van der Waals surface area contributed by atoms with E-state index in [0.717, 1.165) is 0 Å². The van der Waals surface area contributed by atoms with Crippen molar-refractivity contribution in [3.8, 4) is 0 Å². The van der Waals surface area contributed by atoms with Gasteiger partial charge in [0.2, 0.25) is 0 Å². The van der Waals surface area contributed by atoms with E-state index in [2.05, 4.69) is 4.98 Å². The topological polar surface area (TPSA) is 41.3 Å². The maximum absolute atomic E-state index is 13.7. The fourth-order valence-corrected chi connectivity index (χ4v) is 2.34. The standard InChI is InChI=1S/C14H17F4N3O/c1-3-21-10-6-4-5-9(15)13(10)19-12(21)8-20(2)7-11(22)14(16,17)18/h4-6,11,22H,3,7-8H2,1-2H3. The van der Waals surface area contributed by atoms with Crippen LogP contribution in [0.25, 0.3) is 11.0 Å². The summed E-state index contributed by atoms with van der Waals surface area (Å²) in [5.41, 5.74) is 0.798. The second-order valence-corrected chi connectivity index (χ2v) is 5.13. The van der Waals surface area contributed by atoms with E-state index in [4.69, 9.17) is 5.11 Å². The number of aromatic nitrogens is 2. The molecule has 1 aromatic carbocycles. The monoisotopic (exact) mass is 319 g/mol. The molecule has 1 N–H and O–H groups in total. The van der Waals surface area contributed by atoms with Crippen molar-refractivity contribution in [2.75, 3.05) is 13.6 Å². The number of alkyl halides is 3. The van der Waals surface area contributed by atoms with Crippen LogP contribution in [-0.4, -0.2) is 45.4 Å². The lowest BCUT2D eigenvalue weighted by molar-refractivity contribution is -0.207. The minimum Gasteiger partial charge on any atom is -0.382 e. The molecule has 1 atom stereocenters. The van der Waals surface area contributed by atoms with Crippen molar-refractivity contribution in [3.05, 3.63) is 29.8 Å². The van der Waals surface area contributed by atoms with E-state index in [9.17, 15) is 17.6 Å². The minimum atomic E-state index is -4.66. The third-order valence-corrected chi connectivity index (χ3v) is 3.40. The van der Waals surface area contributed by atoms with Crippen LogP contribution in [0.3, 0.4) is 0 Å². The second kappa shape index (κ2) is 6.21. The number of aryl methyl sites for hydroxylation is 1. The van der Waals surface area contributed by atoms with Crippen LogP contribution in [0.2, 0.25) is 0 Å². The molecular weight excluding hydrogens is 302 g/mol. The molecule has 1 aromatic heterocycles. The molecule has 1 unspecified atom stereocenters. The van der Waals surface area contributed by atoms with Crippen LogP contribution in [0.5, 0.6) is 0 Å².